The minimum absolute atomic E-state index is 0.00578. The maximum atomic E-state index is 13.6. The molecule has 1 amide bonds. The van der Waals surface area contributed by atoms with E-state index in [2.05, 4.69) is 4.74 Å². The van der Waals surface area contributed by atoms with Gasteiger partial charge < -0.3 is 19.5 Å². The topological polar surface area (TPSA) is 76.1 Å². The molecule has 1 fully saturated rings. The number of carbonyl (C=O) groups is 2. The maximum absolute atomic E-state index is 13.6. The molecule has 1 unspecified atom stereocenters. The number of nitrogens with zero attached hydrogens (tertiary/aromatic N) is 1. The number of aromatic hydroxyl groups is 1. The molecule has 0 saturated carbocycles. The highest BCUT2D eigenvalue weighted by molar-refractivity contribution is 5.95. The van der Waals surface area contributed by atoms with E-state index in [1.165, 1.54) is 24.1 Å². The zero-order valence-electron chi connectivity index (χ0n) is 10.8. The minimum atomic E-state index is -0.863. The molecule has 2 rings (SSSR count). The summed E-state index contributed by atoms with van der Waals surface area (Å²) in [5.41, 5.74) is -0.159. The fourth-order valence-electron chi connectivity index (χ4n) is 1.96. The molecule has 1 aliphatic heterocycles. The second-order valence-electron chi connectivity index (χ2n) is 4.30. The second-order valence-corrected chi connectivity index (χ2v) is 4.30. The number of hydrogen-bond acceptors (Lipinski definition) is 5. The summed E-state index contributed by atoms with van der Waals surface area (Å²) in [6, 6.07) is 3.30. The predicted molar refractivity (Wildman–Crippen MR) is 65.7 cm³/mol. The zero-order valence-corrected chi connectivity index (χ0v) is 10.8. The van der Waals surface area contributed by atoms with Crippen molar-refractivity contribution in [1.29, 1.82) is 0 Å². The van der Waals surface area contributed by atoms with Gasteiger partial charge in [-0.15, -0.1) is 0 Å². The molecule has 1 heterocycles. The van der Waals surface area contributed by atoms with E-state index >= 15 is 0 Å². The number of hydrogen-bond donors (Lipinski definition) is 1. The number of esters is 1. The Hall–Kier alpha value is -2.15. The molecule has 0 aromatic heterocycles. The lowest BCUT2D eigenvalue weighted by molar-refractivity contribution is -0.158. The van der Waals surface area contributed by atoms with Crippen LogP contribution in [0.15, 0.2) is 18.2 Å². The molecule has 6 nitrogen and oxygen atoms in total. The van der Waals surface area contributed by atoms with E-state index in [0.717, 1.165) is 6.07 Å². The first-order valence-corrected chi connectivity index (χ1v) is 6.00. The molecule has 1 aliphatic rings. The van der Waals surface area contributed by atoms with Gasteiger partial charge >= 0.3 is 5.97 Å². The number of ether oxygens (including phenoxy) is 2. The third-order valence-corrected chi connectivity index (χ3v) is 3.00. The first-order valence-electron chi connectivity index (χ1n) is 6.00. The van der Waals surface area contributed by atoms with Crippen molar-refractivity contribution in [2.75, 3.05) is 26.8 Å². The summed E-state index contributed by atoms with van der Waals surface area (Å²) < 4.78 is 23.4. The summed E-state index contributed by atoms with van der Waals surface area (Å²) >= 11 is 0. The van der Waals surface area contributed by atoms with Crippen molar-refractivity contribution in [3.05, 3.63) is 29.6 Å². The fraction of sp³-hybridized carbons (Fsp3) is 0.385. The predicted octanol–water partition coefficient (Wildman–Crippen LogP) is 0.545. The molecule has 108 valence electrons. The minimum Gasteiger partial charge on any atom is -0.508 e. The van der Waals surface area contributed by atoms with Crippen molar-refractivity contribution in [3.63, 3.8) is 0 Å². The standard InChI is InChI=1S/C13H14FNO5/c1-19-13(18)11-7-15(4-5-20-11)12(17)9-3-2-8(16)6-10(9)14/h2-3,6,11,16H,4-5,7H2,1H3. The van der Waals surface area contributed by atoms with E-state index in [1.807, 2.05) is 0 Å². The molecular weight excluding hydrogens is 269 g/mol. The summed E-state index contributed by atoms with van der Waals surface area (Å²) in [5.74, 6) is -2.20. The van der Waals surface area contributed by atoms with Crippen LogP contribution in [0.3, 0.4) is 0 Å². The Labute approximate surface area is 114 Å². The van der Waals surface area contributed by atoms with Crippen LogP contribution in [0, 0.1) is 5.82 Å². The molecule has 0 radical (unpaired) electrons. The number of amides is 1. The highest BCUT2D eigenvalue weighted by Crippen LogP contribution is 2.18. The van der Waals surface area contributed by atoms with Crippen LogP contribution in [-0.2, 0) is 14.3 Å². The molecule has 7 heteroatoms. The summed E-state index contributed by atoms with van der Waals surface area (Å²) in [4.78, 5) is 24.9. The lowest BCUT2D eigenvalue weighted by Crippen LogP contribution is -2.49. The van der Waals surface area contributed by atoms with E-state index in [1.54, 1.807) is 0 Å². The zero-order chi connectivity index (χ0) is 14.7. The molecule has 1 atom stereocenters. The van der Waals surface area contributed by atoms with Crippen LogP contribution >= 0.6 is 0 Å². The van der Waals surface area contributed by atoms with Crippen LogP contribution in [0.4, 0.5) is 4.39 Å². The van der Waals surface area contributed by atoms with Crippen LogP contribution in [-0.4, -0.2) is 54.8 Å². The van der Waals surface area contributed by atoms with Crippen molar-refractivity contribution in [2.24, 2.45) is 0 Å². The highest BCUT2D eigenvalue weighted by atomic mass is 19.1. The van der Waals surface area contributed by atoms with Crippen LogP contribution in [0.5, 0.6) is 5.75 Å². The lowest BCUT2D eigenvalue weighted by Gasteiger charge is -2.31. The van der Waals surface area contributed by atoms with Gasteiger partial charge in [0, 0.05) is 12.6 Å². The molecule has 1 N–H and O–H groups in total. The molecule has 0 spiro atoms. The van der Waals surface area contributed by atoms with Gasteiger partial charge in [-0.25, -0.2) is 9.18 Å². The van der Waals surface area contributed by atoms with Crippen molar-refractivity contribution in [1.82, 2.24) is 4.90 Å². The first-order chi connectivity index (χ1) is 9.52. The average molecular weight is 283 g/mol. The highest BCUT2D eigenvalue weighted by Gasteiger charge is 2.31. The monoisotopic (exact) mass is 283 g/mol. The normalized spacial score (nSPS) is 18.7. The van der Waals surface area contributed by atoms with Crippen LogP contribution in [0.2, 0.25) is 0 Å². The smallest absolute Gasteiger partial charge is 0.336 e. The number of halogens is 1. The van der Waals surface area contributed by atoms with Crippen LogP contribution in [0.1, 0.15) is 10.4 Å². The third kappa shape index (κ3) is 2.88. The Morgan fingerprint density at radius 3 is 2.90 bits per heavy atom. The van der Waals surface area contributed by atoms with Gasteiger partial charge in [0.15, 0.2) is 6.10 Å². The molecule has 1 aromatic rings. The second kappa shape index (κ2) is 5.87. The summed E-state index contributed by atoms with van der Waals surface area (Å²) in [5, 5.41) is 9.13. The van der Waals surface area contributed by atoms with E-state index in [0.29, 0.717) is 0 Å². The van der Waals surface area contributed by atoms with Crippen molar-refractivity contribution < 1.29 is 28.6 Å². The van der Waals surface area contributed by atoms with Crippen molar-refractivity contribution >= 4 is 11.9 Å². The Balaban J connectivity index is 2.14. The van der Waals surface area contributed by atoms with E-state index in [-0.39, 0.29) is 31.0 Å². The summed E-state index contributed by atoms with van der Waals surface area (Å²) in [6.07, 6.45) is -0.863. The molecule has 20 heavy (non-hydrogen) atoms. The van der Waals surface area contributed by atoms with E-state index in [4.69, 9.17) is 9.84 Å². The van der Waals surface area contributed by atoms with Gasteiger partial charge in [-0.2, -0.15) is 0 Å². The number of morpholine rings is 1. The number of phenolic OH excluding ortho intramolecular Hbond substituents is 1. The maximum Gasteiger partial charge on any atom is 0.336 e. The van der Waals surface area contributed by atoms with Crippen LogP contribution < -0.4 is 0 Å². The first kappa shape index (κ1) is 14.3. The van der Waals surface area contributed by atoms with Gasteiger partial charge in [0.25, 0.3) is 5.91 Å². The van der Waals surface area contributed by atoms with Crippen molar-refractivity contribution in [3.8, 4) is 5.75 Å². The number of carbonyl (C=O) groups excluding carboxylic acids is 2. The van der Waals surface area contributed by atoms with E-state index < -0.39 is 23.8 Å². The Kier molecular flexibility index (Phi) is 4.19. The summed E-state index contributed by atoms with van der Waals surface area (Å²) in [6.45, 7) is 0.434. The third-order valence-electron chi connectivity index (χ3n) is 3.00. The largest absolute Gasteiger partial charge is 0.508 e. The summed E-state index contributed by atoms with van der Waals surface area (Å²) in [7, 11) is 1.23. The van der Waals surface area contributed by atoms with Gasteiger partial charge in [0.1, 0.15) is 11.6 Å². The number of phenols is 1. The van der Waals surface area contributed by atoms with Gasteiger partial charge in [0.2, 0.25) is 0 Å². The Bertz CT molecular complexity index is 533. The lowest BCUT2D eigenvalue weighted by atomic mass is 10.1. The van der Waals surface area contributed by atoms with E-state index in [9.17, 15) is 14.0 Å². The fourth-order valence-corrected chi connectivity index (χ4v) is 1.96. The Morgan fingerprint density at radius 2 is 2.25 bits per heavy atom. The van der Waals surface area contributed by atoms with Gasteiger partial charge in [-0.05, 0) is 12.1 Å². The molecule has 0 bridgehead atoms. The van der Waals surface area contributed by atoms with Gasteiger partial charge in [-0.1, -0.05) is 0 Å². The Morgan fingerprint density at radius 1 is 1.50 bits per heavy atom. The molecule has 1 aromatic carbocycles. The quantitative estimate of drug-likeness (QED) is 0.802. The average Bonchev–Trinajstić information content (AvgIpc) is 2.46. The number of methoxy groups -OCH3 is 1. The number of benzene rings is 1. The molecule has 0 aliphatic carbocycles. The number of rotatable bonds is 2. The van der Waals surface area contributed by atoms with Gasteiger partial charge in [-0.3, -0.25) is 4.79 Å². The van der Waals surface area contributed by atoms with Crippen molar-refractivity contribution in [2.45, 2.75) is 6.10 Å². The van der Waals surface area contributed by atoms with Crippen LogP contribution in [0.25, 0.3) is 0 Å². The molecule has 1 saturated heterocycles. The molecular formula is C13H14FNO5. The SMILES string of the molecule is COC(=O)C1CN(C(=O)c2ccc(O)cc2F)CCO1. The van der Waals surface area contributed by atoms with Gasteiger partial charge in [0.05, 0.1) is 25.8 Å².